The molecule has 0 aromatic heterocycles. The average molecular weight is 298 g/mol. The summed E-state index contributed by atoms with van der Waals surface area (Å²) in [4.78, 5) is 21.6. The normalized spacial score (nSPS) is 16.3. The Labute approximate surface area is 120 Å². The zero-order valence-corrected chi connectivity index (χ0v) is 11.4. The molecule has 1 amide bonds. The van der Waals surface area contributed by atoms with Gasteiger partial charge in [-0.1, -0.05) is 25.7 Å². The monoisotopic (exact) mass is 298 g/mol. The Hall–Kier alpha value is -2.05. The highest BCUT2D eigenvalue weighted by Gasteiger charge is 2.25. The summed E-state index contributed by atoms with van der Waals surface area (Å²) >= 11 is 0. The van der Waals surface area contributed by atoms with E-state index in [1.54, 1.807) is 0 Å². The Morgan fingerprint density at radius 1 is 1.19 bits per heavy atom. The Bertz CT molecular complexity index is 555. The van der Waals surface area contributed by atoms with E-state index in [9.17, 15) is 23.7 Å². The van der Waals surface area contributed by atoms with Crippen molar-refractivity contribution in [1.29, 1.82) is 0 Å². The Kier molecular flexibility index (Phi) is 4.82. The second kappa shape index (κ2) is 6.60. The molecule has 0 spiro atoms. The number of halogens is 2. The maximum absolute atomic E-state index is 13.9. The molecule has 0 unspecified atom stereocenters. The van der Waals surface area contributed by atoms with Gasteiger partial charge in [0.25, 0.3) is 5.91 Å². The predicted molar refractivity (Wildman–Crippen MR) is 72.0 cm³/mol. The predicted octanol–water partition coefficient (Wildman–Crippen LogP) is 3.33. The zero-order valence-electron chi connectivity index (χ0n) is 11.4. The molecular weight excluding hydrogens is 282 g/mol. The number of carbonyl (C=O) groups excluding carboxylic acids is 1. The summed E-state index contributed by atoms with van der Waals surface area (Å²) in [6.45, 7) is 0. The fourth-order valence-electron chi connectivity index (χ4n) is 2.56. The molecule has 5 nitrogen and oxygen atoms in total. The van der Waals surface area contributed by atoms with Gasteiger partial charge in [-0.15, -0.1) is 0 Å². The van der Waals surface area contributed by atoms with Crippen LogP contribution in [0.2, 0.25) is 0 Å². The third-order valence-corrected chi connectivity index (χ3v) is 3.65. The second-order valence-electron chi connectivity index (χ2n) is 5.21. The second-order valence-corrected chi connectivity index (χ2v) is 5.21. The molecule has 0 heterocycles. The molecule has 1 aliphatic carbocycles. The summed E-state index contributed by atoms with van der Waals surface area (Å²) in [5, 5.41) is 13.3. The molecule has 0 aliphatic heterocycles. The van der Waals surface area contributed by atoms with Gasteiger partial charge in [0.2, 0.25) is 5.82 Å². The largest absolute Gasteiger partial charge is 0.349 e. The first kappa shape index (κ1) is 15.3. The minimum absolute atomic E-state index is 0.0956. The summed E-state index contributed by atoms with van der Waals surface area (Å²) in [5.74, 6) is -3.11. The average Bonchev–Trinajstić information content (AvgIpc) is 2.69. The quantitative estimate of drug-likeness (QED) is 0.528. The summed E-state index contributed by atoms with van der Waals surface area (Å²) in [6, 6.07) is 1.06. The fourth-order valence-corrected chi connectivity index (χ4v) is 2.56. The summed E-state index contributed by atoms with van der Waals surface area (Å²) in [5.41, 5.74) is -1.65. The van der Waals surface area contributed by atoms with Crippen LogP contribution in [-0.2, 0) is 0 Å². The molecule has 7 heteroatoms. The van der Waals surface area contributed by atoms with E-state index in [0.29, 0.717) is 12.1 Å². The van der Waals surface area contributed by atoms with Gasteiger partial charge in [-0.3, -0.25) is 14.9 Å². The molecule has 1 aliphatic rings. The maximum atomic E-state index is 13.9. The van der Waals surface area contributed by atoms with Crippen molar-refractivity contribution in [2.75, 3.05) is 0 Å². The standard InChI is InChI=1S/C14H16F2N2O3/c15-9-7-11(13(16)12(8-9)18(20)21)14(19)17-10-5-3-1-2-4-6-10/h7-8,10H,1-6H2,(H,17,19). The summed E-state index contributed by atoms with van der Waals surface area (Å²) in [7, 11) is 0. The number of hydrogen-bond acceptors (Lipinski definition) is 3. The minimum Gasteiger partial charge on any atom is -0.349 e. The summed E-state index contributed by atoms with van der Waals surface area (Å²) in [6.07, 6.45) is 5.68. The first-order valence-corrected chi connectivity index (χ1v) is 6.93. The molecule has 1 aromatic rings. The van der Waals surface area contributed by atoms with Crippen LogP contribution in [0.5, 0.6) is 0 Å². The molecule has 21 heavy (non-hydrogen) atoms. The third kappa shape index (κ3) is 3.74. The van der Waals surface area contributed by atoms with Gasteiger partial charge in [0.15, 0.2) is 0 Å². The maximum Gasteiger partial charge on any atom is 0.308 e. The molecule has 114 valence electrons. The number of nitrogens with zero attached hydrogens (tertiary/aromatic N) is 1. The number of hydrogen-bond donors (Lipinski definition) is 1. The Morgan fingerprint density at radius 2 is 1.81 bits per heavy atom. The summed E-state index contributed by atoms with van der Waals surface area (Å²) < 4.78 is 27.2. The number of nitro groups is 1. The van der Waals surface area contributed by atoms with E-state index >= 15 is 0 Å². The van der Waals surface area contributed by atoms with E-state index < -0.39 is 33.7 Å². The Balaban J connectivity index is 2.20. The lowest BCUT2D eigenvalue weighted by Crippen LogP contribution is -2.35. The first-order valence-electron chi connectivity index (χ1n) is 6.93. The lowest BCUT2D eigenvalue weighted by Gasteiger charge is -2.16. The van der Waals surface area contributed by atoms with Crippen LogP contribution in [0.3, 0.4) is 0 Å². The van der Waals surface area contributed by atoms with Crippen LogP contribution < -0.4 is 5.32 Å². The van der Waals surface area contributed by atoms with Gasteiger partial charge < -0.3 is 5.32 Å². The van der Waals surface area contributed by atoms with Crippen molar-refractivity contribution < 1.29 is 18.5 Å². The van der Waals surface area contributed by atoms with Gasteiger partial charge in [0, 0.05) is 6.04 Å². The smallest absolute Gasteiger partial charge is 0.308 e. The van der Waals surface area contributed by atoms with Crippen LogP contribution in [0.4, 0.5) is 14.5 Å². The molecule has 0 radical (unpaired) electrons. The van der Waals surface area contributed by atoms with E-state index in [1.807, 2.05) is 0 Å². The van der Waals surface area contributed by atoms with Crippen LogP contribution in [-0.4, -0.2) is 16.9 Å². The van der Waals surface area contributed by atoms with E-state index in [0.717, 1.165) is 38.5 Å². The van der Waals surface area contributed by atoms with Gasteiger partial charge in [-0.2, -0.15) is 4.39 Å². The van der Waals surface area contributed by atoms with Gasteiger partial charge in [-0.05, 0) is 18.9 Å². The molecule has 0 bridgehead atoms. The van der Waals surface area contributed by atoms with Crippen LogP contribution >= 0.6 is 0 Å². The van der Waals surface area contributed by atoms with Crippen LogP contribution in [0.15, 0.2) is 12.1 Å². The number of amides is 1. The van der Waals surface area contributed by atoms with E-state index in [1.165, 1.54) is 0 Å². The molecule has 1 saturated carbocycles. The number of rotatable bonds is 3. The number of benzene rings is 1. The van der Waals surface area contributed by atoms with Crippen molar-refractivity contribution in [3.63, 3.8) is 0 Å². The number of carbonyl (C=O) groups is 1. The van der Waals surface area contributed by atoms with Crippen molar-refractivity contribution in [2.45, 2.75) is 44.6 Å². The van der Waals surface area contributed by atoms with Crippen LogP contribution in [0.25, 0.3) is 0 Å². The number of nitrogens with one attached hydrogen (secondary N) is 1. The van der Waals surface area contributed by atoms with Crippen LogP contribution in [0, 0.1) is 21.7 Å². The van der Waals surface area contributed by atoms with Crippen molar-refractivity contribution >= 4 is 11.6 Å². The molecule has 1 aromatic carbocycles. The first-order chi connectivity index (χ1) is 9.99. The fraction of sp³-hybridized carbons (Fsp3) is 0.500. The molecule has 2 rings (SSSR count). The number of nitro benzene ring substituents is 1. The molecule has 1 N–H and O–H groups in total. The molecular formula is C14H16F2N2O3. The highest BCUT2D eigenvalue weighted by atomic mass is 19.1. The van der Waals surface area contributed by atoms with Crippen molar-refractivity contribution in [2.24, 2.45) is 0 Å². The van der Waals surface area contributed by atoms with Crippen molar-refractivity contribution in [3.8, 4) is 0 Å². The lowest BCUT2D eigenvalue weighted by atomic mass is 10.1. The van der Waals surface area contributed by atoms with E-state index in [4.69, 9.17) is 0 Å². The Morgan fingerprint density at radius 3 is 2.38 bits per heavy atom. The molecule has 0 saturated heterocycles. The SMILES string of the molecule is O=C(NC1CCCCCC1)c1cc(F)cc([N+](=O)[O-])c1F. The highest BCUT2D eigenvalue weighted by molar-refractivity contribution is 5.95. The van der Waals surface area contributed by atoms with Crippen molar-refractivity contribution in [1.82, 2.24) is 5.32 Å². The molecule has 1 fully saturated rings. The molecule has 0 atom stereocenters. The van der Waals surface area contributed by atoms with Crippen LogP contribution in [0.1, 0.15) is 48.9 Å². The highest BCUT2D eigenvalue weighted by Crippen LogP contribution is 2.23. The van der Waals surface area contributed by atoms with Gasteiger partial charge in [0.1, 0.15) is 5.82 Å². The minimum atomic E-state index is -1.30. The van der Waals surface area contributed by atoms with Crippen molar-refractivity contribution in [3.05, 3.63) is 39.4 Å². The topological polar surface area (TPSA) is 72.2 Å². The van der Waals surface area contributed by atoms with E-state index in [-0.39, 0.29) is 6.04 Å². The van der Waals surface area contributed by atoms with Gasteiger partial charge in [-0.25, -0.2) is 4.39 Å². The lowest BCUT2D eigenvalue weighted by molar-refractivity contribution is -0.387. The zero-order chi connectivity index (χ0) is 15.4. The van der Waals surface area contributed by atoms with Gasteiger partial charge in [0.05, 0.1) is 16.6 Å². The van der Waals surface area contributed by atoms with Gasteiger partial charge >= 0.3 is 5.69 Å². The van der Waals surface area contributed by atoms with E-state index in [2.05, 4.69) is 5.32 Å². The third-order valence-electron chi connectivity index (χ3n) is 3.65.